The molecule has 0 spiro atoms. The van der Waals surface area contributed by atoms with E-state index >= 15 is 0 Å². The van der Waals surface area contributed by atoms with Crippen molar-refractivity contribution >= 4 is 21.9 Å². The molecule has 1 N–H and O–H groups in total. The monoisotopic (exact) mass is 445 g/mol. The van der Waals surface area contributed by atoms with Crippen LogP contribution < -0.4 is 9.47 Å². The molecule has 1 aromatic heterocycles. The molecule has 7 nitrogen and oxygen atoms in total. The van der Waals surface area contributed by atoms with Gasteiger partial charge in [0, 0.05) is 10.0 Å². The van der Waals surface area contributed by atoms with Crippen LogP contribution in [0.4, 0.5) is 0 Å². The van der Waals surface area contributed by atoms with Crippen LogP contribution in [0.1, 0.15) is 29.9 Å². The Kier molecular flexibility index (Phi) is 6.65. The summed E-state index contributed by atoms with van der Waals surface area (Å²) >= 11 is 3.45. The Morgan fingerprint density at radius 3 is 2.64 bits per heavy atom. The quantitative estimate of drug-likeness (QED) is 0.517. The lowest BCUT2D eigenvalue weighted by molar-refractivity contribution is 0.0520. The number of carbonyl (C=O) groups is 1. The van der Waals surface area contributed by atoms with Crippen molar-refractivity contribution in [2.24, 2.45) is 0 Å². The van der Waals surface area contributed by atoms with E-state index in [1.54, 1.807) is 25.1 Å². The van der Waals surface area contributed by atoms with E-state index in [0.29, 0.717) is 36.0 Å². The average molecular weight is 446 g/mol. The molecule has 1 heterocycles. The summed E-state index contributed by atoms with van der Waals surface area (Å²) < 4.78 is 17.7. The summed E-state index contributed by atoms with van der Waals surface area (Å²) in [7, 11) is 0. The van der Waals surface area contributed by atoms with E-state index in [9.17, 15) is 4.79 Å². The summed E-state index contributed by atoms with van der Waals surface area (Å²) in [6.07, 6.45) is 0. The Balaban J connectivity index is 1.85. The number of carbonyl (C=O) groups excluding carboxylic acids is 1. The van der Waals surface area contributed by atoms with Gasteiger partial charge in [-0.15, -0.1) is 5.10 Å². The highest BCUT2D eigenvalue weighted by atomic mass is 79.9. The molecule has 0 fully saturated rings. The number of rotatable bonds is 8. The number of H-pyrrole nitrogens is 1. The molecule has 0 aliphatic rings. The molecular formula is C20H20BrN3O4. The molecule has 8 heteroatoms. The molecule has 0 aliphatic heterocycles. The van der Waals surface area contributed by atoms with Crippen LogP contribution in [-0.2, 0) is 11.3 Å². The smallest absolute Gasteiger partial charge is 0.361 e. The Morgan fingerprint density at radius 1 is 1.04 bits per heavy atom. The molecule has 0 amide bonds. The number of ether oxygens (including phenoxy) is 3. The maximum Gasteiger partial charge on any atom is 0.361 e. The fraction of sp³-hybridized carbons (Fsp3) is 0.250. The molecule has 0 unspecified atom stereocenters. The summed E-state index contributed by atoms with van der Waals surface area (Å²) in [4.78, 5) is 12.1. The number of aromatic nitrogens is 3. The topological polar surface area (TPSA) is 86.3 Å². The third-order valence-corrected chi connectivity index (χ3v) is 4.31. The molecule has 3 aromatic rings. The minimum absolute atomic E-state index is 0.132. The number of nitrogens with zero attached hydrogens (tertiary/aromatic N) is 2. The SMILES string of the molecule is CCOC(=O)c1n[nH]nc1-c1ccc(OCc2cccc(Br)c2)c(OCC)c1. The second kappa shape index (κ2) is 9.36. The minimum atomic E-state index is -0.529. The van der Waals surface area contributed by atoms with Crippen LogP contribution in [0.15, 0.2) is 46.9 Å². The van der Waals surface area contributed by atoms with Gasteiger partial charge in [-0.2, -0.15) is 10.3 Å². The van der Waals surface area contributed by atoms with Gasteiger partial charge in [0.2, 0.25) is 0 Å². The maximum atomic E-state index is 12.1. The van der Waals surface area contributed by atoms with Crippen molar-refractivity contribution in [2.75, 3.05) is 13.2 Å². The van der Waals surface area contributed by atoms with Crippen LogP contribution in [0, 0.1) is 0 Å². The van der Waals surface area contributed by atoms with Crippen molar-refractivity contribution in [3.8, 4) is 22.8 Å². The fourth-order valence-electron chi connectivity index (χ4n) is 2.60. The van der Waals surface area contributed by atoms with Gasteiger partial charge in [0.15, 0.2) is 17.2 Å². The number of aromatic amines is 1. The first-order valence-electron chi connectivity index (χ1n) is 8.84. The van der Waals surface area contributed by atoms with Crippen LogP contribution in [0.5, 0.6) is 11.5 Å². The van der Waals surface area contributed by atoms with Gasteiger partial charge in [-0.25, -0.2) is 4.79 Å². The molecule has 0 bridgehead atoms. The van der Waals surface area contributed by atoms with Crippen molar-refractivity contribution in [1.82, 2.24) is 15.4 Å². The lowest BCUT2D eigenvalue weighted by atomic mass is 10.1. The molecule has 0 radical (unpaired) electrons. The lowest BCUT2D eigenvalue weighted by Crippen LogP contribution is -2.07. The zero-order chi connectivity index (χ0) is 19.9. The third kappa shape index (κ3) is 4.69. The van der Waals surface area contributed by atoms with Crippen LogP contribution in [-0.4, -0.2) is 34.6 Å². The van der Waals surface area contributed by atoms with Gasteiger partial charge in [0.1, 0.15) is 12.3 Å². The van der Waals surface area contributed by atoms with Crippen LogP contribution >= 0.6 is 15.9 Å². The molecule has 0 saturated heterocycles. The van der Waals surface area contributed by atoms with Gasteiger partial charge >= 0.3 is 5.97 Å². The molecule has 146 valence electrons. The maximum absolute atomic E-state index is 12.1. The van der Waals surface area contributed by atoms with E-state index in [1.807, 2.05) is 31.2 Å². The first kappa shape index (κ1) is 19.9. The Bertz CT molecular complexity index is 958. The Labute approximate surface area is 171 Å². The van der Waals surface area contributed by atoms with Gasteiger partial charge < -0.3 is 14.2 Å². The van der Waals surface area contributed by atoms with Crippen molar-refractivity contribution in [2.45, 2.75) is 20.5 Å². The number of hydrogen-bond donors (Lipinski definition) is 1. The average Bonchev–Trinajstić information content (AvgIpc) is 3.17. The van der Waals surface area contributed by atoms with Gasteiger partial charge in [0.05, 0.1) is 13.2 Å². The first-order chi connectivity index (χ1) is 13.6. The third-order valence-electron chi connectivity index (χ3n) is 3.82. The predicted molar refractivity (Wildman–Crippen MR) is 107 cm³/mol. The van der Waals surface area contributed by atoms with Crippen LogP contribution in [0.3, 0.4) is 0 Å². The summed E-state index contributed by atoms with van der Waals surface area (Å²) in [5, 5.41) is 10.5. The van der Waals surface area contributed by atoms with Crippen molar-refractivity contribution in [3.63, 3.8) is 0 Å². The van der Waals surface area contributed by atoms with Crippen LogP contribution in [0.25, 0.3) is 11.3 Å². The molecule has 0 atom stereocenters. The number of halogens is 1. The second-order valence-corrected chi connectivity index (χ2v) is 6.67. The second-order valence-electron chi connectivity index (χ2n) is 5.75. The summed E-state index contributed by atoms with van der Waals surface area (Å²) in [5.74, 6) is 0.638. The Morgan fingerprint density at radius 2 is 1.89 bits per heavy atom. The standard InChI is InChI=1S/C20H20BrN3O4/c1-3-26-17-11-14(18-19(23-24-22-18)20(25)27-4-2)8-9-16(17)28-12-13-6-5-7-15(21)10-13/h5-11H,3-4,12H2,1-2H3,(H,22,23,24). The number of hydrogen-bond acceptors (Lipinski definition) is 6. The van der Waals surface area contributed by atoms with Gasteiger partial charge in [-0.05, 0) is 49.7 Å². The summed E-state index contributed by atoms with van der Waals surface area (Å²) in [6, 6.07) is 13.3. The lowest BCUT2D eigenvalue weighted by Gasteiger charge is -2.13. The number of nitrogens with one attached hydrogen (secondary N) is 1. The van der Waals surface area contributed by atoms with E-state index < -0.39 is 5.97 Å². The van der Waals surface area contributed by atoms with E-state index in [0.717, 1.165) is 10.0 Å². The highest BCUT2D eigenvalue weighted by molar-refractivity contribution is 9.10. The van der Waals surface area contributed by atoms with Gasteiger partial charge in [-0.1, -0.05) is 28.1 Å². The normalized spacial score (nSPS) is 10.5. The van der Waals surface area contributed by atoms with Crippen molar-refractivity contribution < 1.29 is 19.0 Å². The van der Waals surface area contributed by atoms with Crippen LogP contribution in [0.2, 0.25) is 0 Å². The minimum Gasteiger partial charge on any atom is -0.490 e. The summed E-state index contributed by atoms with van der Waals surface area (Å²) in [6.45, 7) is 4.77. The van der Waals surface area contributed by atoms with E-state index in [4.69, 9.17) is 14.2 Å². The van der Waals surface area contributed by atoms with E-state index in [1.165, 1.54) is 0 Å². The van der Waals surface area contributed by atoms with Gasteiger partial charge in [0.25, 0.3) is 0 Å². The zero-order valence-corrected chi connectivity index (χ0v) is 17.2. The van der Waals surface area contributed by atoms with E-state index in [2.05, 4.69) is 31.3 Å². The molecular weight excluding hydrogens is 426 g/mol. The first-order valence-corrected chi connectivity index (χ1v) is 9.64. The van der Waals surface area contributed by atoms with Gasteiger partial charge in [-0.3, -0.25) is 0 Å². The predicted octanol–water partition coefficient (Wildman–Crippen LogP) is 4.39. The molecule has 2 aromatic carbocycles. The highest BCUT2D eigenvalue weighted by Gasteiger charge is 2.20. The zero-order valence-electron chi connectivity index (χ0n) is 15.6. The molecule has 3 rings (SSSR count). The number of esters is 1. The molecule has 0 saturated carbocycles. The van der Waals surface area contributed by atoms with Crippen molar-refractivity contribution in [1.29, 1.82) is 0 Å². The highest BCUT2D eigenvalue weighted by Crippen LogP contribution is 2.33. The Hall–Kier alpha value is -2.87. The fourth-order valence-corrected chi connectivity index (χ4v) is 3.05. The molecule has 0 aliphatic carbocycles. The largest absolute Gasteiger partial charge is 0.490 e. The number of benzene rings is 2. The molecule has 28 heavy (non-hydrogen) atoms. The summed E-state index contributed by atoms with van der Waals surface area (Å²) in [5.41, 5.74) is 2.24. The van der Waals surface area contributed by atoms with E-state index in [-0.39, 0.29) is 12.3 Å². The van der Waals surface area contributed by atoms with Crippen molar-refractivity contribution in [3.05, 3.63) is 58.2 Å².